The molecule has 3 aliphatic heterocycles. The van der Waals surface area contributed by atoms with Crippen molar-refractivity contribution in [1.29, 1.82) is 0 Å². The maximum atomic E-state index is 11.7. The van der Waals surface area contributed by atoms with Gasteiger partial charge in [0.05, 0.1) is 31.5 Å². The Bertz CT molecular complexity index is 716. The molecule has 3 fully saturated rings. The van der Waals surface area contributed by atoms with Crippen molar-refractivity contribution in [2.75, 3.05) is 20.3 Å². The highest BCUT2D eigenvalue weighted by molar-refractivity contribution is 5.73. The van der Waals surface area contributed by atoms with Crippen molar-refractivity contribution in [2.45, 2.75) is 106 Å². The van der Waals surface area contributed by atoms with E-state index in [1.54, 1.807) is 0 Å². The van der Waals surface area contributed by atoms with Gasteiger partial charge >= 0.3 is 0 Å². The van der Waals surface area contributed by atoms with Gasteiger partial charge in [0, 0.05) is 20.5 Å². The number of carbonyl (C=O) groups excluding carboxylic acids is 1. The molecular weight excluding hydrogens is 490 g/mol. The standard InChI is InChI=1S/C21H37NO14/c1-7-13(26)14(27)18(36-20-12(22-8(2)24)10(25)4-9(5-23)34-20)21(33-7)32-6-11-17(31-3)15(28)16(29)19(30)35-11/h7,9-21,23,25-30H,4-6H2,1-3H3,(H,22,24)/t7-,9+,10+,11-,12-,13-,14+,15-,16-,17-,18+,19-,20+,21+/m1/s1. The average Bonchev–Trinajstić information content (AvgIpc) is 2.83. The van der Waals surface area contributed by atoms with Gasteiger partial charge in [-0.05, 0) is 6.92 Å². The van der Waals surface area contributed by atoms with Gasteiger partial charge in [-0.25, -0.2) is 0 Å². The zero-order chi connectivity index (χ0) is 26.7. The van der Waals surface area contributed by atoms with Crippen molar-refractivity contribution < 1.29 is 69.0 Å². The number of methoxy groups -OCH3 is 1. The molecule has 3 aliphatic rings. The number of nitrogens with one attached hydrogen (secondary N) is 1. The Kier molecular flexibility index (Phi) is 10.4. The zero-order valence-electron chi connectivity index (χ0n) is 20.2. The number of hydrogen-bond acceptors (Lipinski definition) is 14. The Morgan fingerprint density at radius 3 is 2.22 bits per heavy atom. The van der Waals surface area contributed by atoms with Crippen LogP contribution in [0.4, 0.5) is 0 Å². The van der Waals surface area contributed by atoms with Crippen molar-refractivity contribution in [3.8, 4) is 0 Å². The number of aliphatic hydroxyl groups is 7. The summed E-state index contributed by atoms with van der Waals surface area (Å²) in [6.45, 7) is 1.92. The van der Waals surface area contributed by atoms with Crippen LogP contribution in [-0.2, 0) is 33.2 Å². The molecule has 0 aromatic carbocycles. The van der Waals surface area contributed by atoms with Crippen LogP contribution in [0.2, 0.25) is 0 Å². The van der Waals surface area contributed by atoms with Crippen LogP contribution < -0.4 is 5.32 Å². The van der Waals surface area contributed by atoms with E-state index in [0.717, 1.165) is 0 Å². The molecule has 8 N–H and O–H groups in total. The van der Waals surface area contributed by atoms with Crippen molar-refractivity contribution >= 4 is 5.91 Å². The first-order chi connectivity index (χ1) is 17.0. The first-order valence-corrected chi connectivity index (χ1v) is 11.7. The zero-order valence-corrected chi connectivity index (χ0v) is 20.2. The van der Waals surface area contributed by atoms with Gasteiger partial charge in [0.25, 0.3) is 0 Å². The first-order valence-electron chi connectivity index (χ1n) is 11.7. The number of hydrogen-bond donors (Lipinski definition) is 8. The Morgan fingerprint density at radius 1 is 0.944 bits per heavy atom. The van der Waals surface area contributed by atoms with Crippen LogP contribution in [0.5, 0.6) is 0 Å². The Morgan fingerprint density at radius 2 is 1.61 bits per heavy atom. The van der Waals surface area contributed by atoms with E-state index in [0.29, 0.717) is 0 Å². The highest BCUT2D eigenvalue weighted by Crippen LogP contribution is 2.30. The minimum absolute atomic E-state index is 0.0124. The number of amides is 1. The lowest BCUT2D eigenvalue weighted by molar-refractivity contribution is -0.354. The van der Waals surface area contributed by atoms with Gasteiger partial charge < -0.3 is 69.5 Å². The van der Waals surface area contributed by atoms with Crippen LogP contribution in [0.25, 0.3) is 0 Å². The third-order valence-corrected chi connectivity index (χ3v) is 6.54. The van der Waals surface area contributed by atoms with E-state index >= 15 is 0 Å². The quantitative estimate of drug-likeness (QED) is 0.148. The molecule has 3 heterocycles. The summed E-state index contributed by atoms with van der Waals surface area (Å²) in [6, 6.07) is -1.07. The number of rotatable bonds is 8. The van der Waals surface area contributed by atoms with E-state index in [2.05, 4.69) is 5.32 Å². The summed E-state index contributed by atoms with van der Waals surface area (Å²) >= 11 is 0. The third kappa shape index (κ3) is 6.50. The number of ether oxygens (including phenoxy) is 6. The fourth-order valence-corrected chi connectivity index (χ4v) is 4.53. The minimum Gasteiger partial charge on any atom is -0.394 e. The third-order valence-electron chi connectivity index (χ3n) is 6.54. The van der Waals surface area contributed by atoms with Crippen molar-refractivity contribution in [1.82, 2.24) is 5.32 Å². The first kappa shape index (κ1) is 29.5. The molecule has 3 rings (SSSR count). The van der Waals surface area contributed by atoms with Gasteiger partial charge in [-0.1, -0.05) is 0 Å². The molecule has 36 heavy (non-hydrogen) atoms. The van der Waals surface area contributed by atoms with Gasteiger partial charge in [-0.15, -0.1) is 0 Å². The number of carbonyl (C=O) groups is 1. The minimum atomic E-state index is -1.71. The maximum absolute atomic E-state index is 11.7. The summed E-state index contributed by atoms with van der Waals surface area (Å²) in [6.07, 6.45) is -16.9. The summed E-state index contributed by atoms with van der Waals surface area (Å²) in [5, 5.41) is 73.5. The van der Waals surface area contributed by atoms with Crippen LogP contribution >= 0.6 is 0 Å². The van der Waals surface area contributed by atoms with Crippen LogP contribution in [0.1, 0.15) is 20.3 Å². The van der Waals surface area contributed by atoms with Crippen molar-refractivity contribution in [2.24, 2.45) is 0 Å². The highest BCUT2D eigenvalue weighted by atomic mass is 16.8. The molecule has 1 amide bonds. The van der Waals surface area contributed by atoms with Gasteiger partial charge in [0.15, 0.2) is 18.9 Å². The van der Waals surface area contributed by atoms with E-state index in [-0.39, 0.29) is 13.0 Å². The molecule has 15 heteroatoms. The molecule has 0 aliphatic carbocycles. The molecule has 0 aromatic rings. The predicted molar refractivity (Wildman–Crippen MR) is 115 cm³/mol. The molecule has 0 saturated carbocycles. The lowest BCUT2D eigenvalue weighted by Gasteiger charge is -2.46. The molecule has 14 atom stereocenters. The smallest absolute Gasteiger partial charge is 0.217 e. The molecule has 0 unspecified atom stereocenters. The van der Waals surface area contributed by atoms with Crippen LogP contribution in [-0.4, -0.2) is 148 Å². The van der Waals surface area contributed by atoms with Gasteiger partial charge in [-0.3, -0.25) is 4.79 Å². The van der Waals surface area contributed by atoms with Gasteiger partial charge in [0.2, 0.25) is 5.91 Å². The average molecular weight is 528 g/mol. The summed E-state index contributed by atoms with van der Waals surface area (Å²) in [5.74, 6) is -0.486. The maximum Gasteiger partial charge on any atom is 0.217 e. The summed E-state index contributed by atoms with van der Waals surface area (Å²) in [4.78, 5) is 11.7. The largest absolute Gasteiger partial charge is 0.394 e. The van der Waals surface area contributed by atoms with Gasteiger partial charge in [0.1, 0.15) is 48.8 Å². The Balaban J connectivity index is 1.77. The highest BCUT2D eigenvalue weighted by Gasteiger charge is 2.50. The fourth-order valence-electron chi connectivity index (χ4n) is 4.53. The SMILES string of the molecule is CO[C@H]1[C@H](O)[C@@H](O)[C@H](O)O[C@@H]1CO[C@H]1O[C@H](C)[C@@H](O)[C@H](O)[C@@H]1O[C@@H]1O[C@H](CO)C[C@H](O)[C@H]1NC(C)=O. The molecular formula is C21H37NO14. The fraction of sp³-hybridized carbons (Fsp3) is 0.952. The molecule has 0 aromatic heterocycles. The van der Waals surface area contributed by atoms with Crippen molar-refractivity contribution in [3.05, 3.63) is 0 Å². The van der Waals surface area contributed by atoms with Crippen LogP contribution in [0, 0.1) is 0 Å². The molecule has 0 radical (unpaired) electrons. The van der Waals surface area contributed by atoms with E-state index in [1.165, 1.54) is 21.0 Å². The molecule has 0 bridgehead atoms. The Hall–Kier alpha value is -1.05. The van der Waals surface area contributed by atoms with Crippen molar-refractivity contribution in [3.63, 3.8) is 0 Å². The van der Waals surface area contributed by atoms with E-state index in [1.807, 2.05) is 0 Å². The van der Waals surface area contributed by atoms with Gasteiger partial charge in [-0.2, -0.15) is 0 Å². The normalized spacial score (nSPS) is 47.9. The van der Waals surface area contributed by atoms with E-state index in [4.69, 9.17) is 28.4 Å². The van der Waals surface area contributed by atoms with Crippen LogP contribution in [0.15, 0.2) is 0 Å². The van der Waals surface area contributed by atoms with E-state index in [9.17, 15) is 40.5 Å². The molecule has 0 spiro atoms. The number of aliphatic hydroxyl groups excluding tert-OH is 7. The molecule has 3 saturated heterocycles. The Labute approximate surface area is 207 Å². The second-order valence-corrected chi connectivity index (χ2v) is 9.21. The monoisotopic (exact) mass is 527 g/mol. The topological polar surface area (TPSA) is 226 Å². The predicted octanol–water partition coefficient (Wildman–Crippen LogP) is -4.72. The lowest BCUT2D eigenvalue weighted by Crippen LogP contribution is -2.64. The summed E-state index contributed by atoms with van der Waals surface area (Å²) < 4.78 is 33.4. The van der Waals surface area contributed by atoms with Crippen LogP contribution in [0.3, 0.4) is 0 Å². The summed E-state index contributed by atoms with van der Waals surface area (Å²) in [7, 11) is 1.27. The lowest BCUT2D eigenvalue weighted by atomic mass is 9.97. The second-order valence-electron chi connectivity index (χ2n) is 9.21. The second kappa shape index (κ2) is 12.7. The molecule has 15 nitrogen and oxygen atoms in total. The summed E-state index contributed by atoms with van der Waals surface area (Å²) in [5.41, 5.74) is 0. The van der Waals surface area contributed by atoms with E-state index < -0.39 is 98.5 Å². The molecule has 210 valence electrons.